The van der Waals surface area contributed by atoms with Crippen LogP contribution in [0, 0.1) is 6.92 Å². The molecule has 0 aliphatic carbocycles. The Morgan fingerprint density at radius 2 is 2.00 bits per heavy atom. The molecule has 0 aromatic carbocycles. The van der Waals surface area contributed by atoms with Crippen LogP contribution in [0.2, 0.25) is 0 Å². The van der Waals surface area contributed by atoms with Crippen molar-refractivity contribution in [2.75, 3.05) is 0 Å². The van der Waals surface area contributed by atoms with E-state index in [2.05, 4.69) is 36.7 Å². The van der Waals surface area contributed by atoms with E-state index in [0.29, 0.717) is 4.32 Å². The van der Waals surface area contributed by atoms with E-state index in [1.165, 1.54) is 12.8 Å². The summed E-state index contributed by atoms with van der Waals surface area (Å²) in [4.78, 5) is 0. The fourth-order valence-corrected chi connectivity index (χ4v) is 0.826. The van der Waals surface area contributed by atoms with E-state index in [1.807, 2.05) is 0 Å². The van der Waals surface area contributed by atoms with Crippen LogP contribution < -0.4 is 0 Å². The topological polar surface area (TPSA) is 0 Å². The first-order valence-electron chi connectivity index (χ1n) is 3.04. The molecule has 0 N–H and O–H groups in total. The molecule has 1 heteroatoms. The van der Waals surface area contributed by atoms with Gasteiger partial charge in [-0.2, -0.15) is 0 Å². The maximum Gasteiger partial charge on any atom is 0.0201 e. The highest BCUT2D eigenvalue weighted by atomic mass is 79.9. The third kappa shape index (κ3) is 6.48. The van der Waals surface area contributed by atoms with E-state index >= 15 is 0 Å². The van der Waals surface area contributed by atoms with Gasteiger partial charge in [-0.1, -0.05) is 49.5 Å². The highest BCUT2D eigenvalue weighted by Crippen LogP contribution is 2.22. The molecule has 0 rings (SSSR count). The third-order valence-corrected chi connectivity index (χ3v) is 1.42. The molecule has 0 saturated carbocycles. The summed E-state index contributed by atoms with van der Waals surface area (Å²) in [6.45, 7) is 8.13. The average molecular weight is 178 g/mol. The Bertz CT molecular complexity index is 51.9. The van der Waals surface area contributed by atoms with Crippen LogP contribution in [0.25, 0.3) is 0 Å². The molecule has 49 valence electrons. The summed E-state index contributed by atoms with van der Waals surface area (Å²) >= 11 is 3.55. The van der Waals surface area contributed by atoms with Crippen molar-refractivity contribution in [3.63, 3.8) is 0 Å². The first-order chi connectivity index (χ1) is 3.56. The Balaban J connectivity index is 3.11. The van der Waals surface area contributed by atoms with Gasteiger partial charge in [0.15, 0.2) is 0 Å². The van der Waals surface area contributed by atoms with Gasteiger partial charge in [0.2, 0.25) is 0 Å². The molecule has 0 atom stereocenters. The highest BCUT2D eigenvalue weighted by Gasteiger charge is 2.09. The van der Waals surface area contributed by atoms with Gasteiger partial charge in [-0.05, 0) is 6.42 Å². The van der Waals surface area contributed by atoms with Crippen LogP contribution in [0.4, 0.5) is 0 Å². The molecule has 0 bridgehead atoms. The van der Waals surface area contributed by atoms with E-state index in [1.54, 1.807) is 0 Å². The number of hydrogen-bond acceptors (Lipinski definition) is 0. The molecule has 0 aromatic rings. The predicted octanol–water partition coefficient (Wildman–Crippen LogP) is 3.16. The standard InChI is InChI=1S/C7H14Br/c1-4-5-6-7(2,3)8/h1,4-6H2,2-3H3. The van der Waals surface area contributed by atoms with Crippen LogP contribution in [-0.2, 0) is 0 Å². The summed E-state index contributed by atoms with van der Waals surface area (Å²) in [7, 11) is 0. The maximum absolute atomic E-state index is 3.77. The van der Waals surface area contributed by atoms with Crippen LogP contribution in [0.1, 0.15) is 33.1 Å². The summed E-state index contributed by atoms with van der Waals surface area (Å²) < 4.78 is 0.324. The zero-order valence-corrected chi connectivity index (χ0v) is 7.29. The SMILES string of the molecule is [CH2]CCCC(C)(C)Br. The van der Waals surface area contributed by atoms with Crippen LogP contribution in [0.5, 0.6) is 0 Å². The summed E-state index contributed by atoms with van der Waals surface area (Å²) in [5.41, 5.74) is 0. The lowest BCUT2D eigenvalue weighted by Crippen LogP contribution is -2.07. The van der Waals surface area contributed by atoms with Gasteiger partial charge in [-0.15, -0.1) is 0 Å². The third-order valence-electron chi connectivity index (χ3n) is 1.02. The van der Waals surface area contributed by atoms with E-state index in [-0.39, 0.29) is 0 Å². The largest absolute Gasteiger partial charge is 0.0859 e. The Kier molecular flexibility index (Phi) is 3.70. The van der Waals surface area contributed by atoms with Crippen molar-refractivity contribution >= 4 is 15.9 Å². The van der Waals surface area contributed by atoms with Crippen molar-refractivity contribution in [2.45, 2.75) is 37.4 Å². The van der Waals surface area contributed by atoms with E-state index in [4.69, 9.17) is 0 Å². The zero-order chi connectivity index (χ0) is 6.62. The van der Waals surface area contributed by atoms with Crippen LogP contribution in [0.3, 0.4) is 0 Å². The Morgan fingerprint density at radius 3 is 2.12 bits per heavy atom. The number of alkyl halides is 1. The summed E-state index contributed by atoms with van der Waals surface area (Å²) in [5.74, 6) is 0. The van der Waals surface area contributed by atoms with Crippen LogP contribution in [0.15, 0.2) is 0 Å². The Hall–Kier alpha value is 0.480. The molecule has 0 spiro atoms. The quantitative estimate of drug-likeness (QED) is 0.582. The Labute approximate surface area is 60.8 Å². The molecule has 0 saturated heterocycles. The van der Waals surface area contributed by atoms with E-state index in [0.717, 1.165) is 6.42 Å². The van der Waals surface area contributed by atoms with Gasteiger partial charge in [0.25, 0.3) is 0 Å². The maximum atomic E-state index is 3.77. The van der Waals surface area contributed by atoms with Gasteiger partial charge in [0.05, 0.1) is 0 Å². The summed E-state index contributed by atoms with van der Waals surface area (Å²) in [6.07, 6.45) is 3.49. The van der Waals surface area contributed by atoms with Crippen molar-refractivity contribution in [1.29, 1.82) is 0 Å². The summed E-state index contributed by atoms with van der Waals surface area (Å²) in [6, 6.07) is 0. The lowest BCUT2D eigenvalue weighted by molar-refractivity contribution is 0.617. The fraction of sp³-hybridized carbons (Fsp3) is 0.857. The second-order valence-corrected chi connectivity index (χ2v) is 4.82. The average Bonchev–Trinajstić information content (AvgIpc) is 1.59. The van der Waals surface area contributed by atoms with Crippen molar-refractivity contribution < 1.29 is 0 Å². The minimum atomic E-state index is 0.324. The molecule has 0 aliphatic heterocycles. The second kappa shape index (κ2) is 3.49. The van der Waals surface area contributed by atoms with Gasteiger partial charge in [0, 0.05) is 4.32 Å². The molecule has 0 aromatic heterocycles. The lowest BCUT2D eigenvalue weighted by Gasteiger charge is -2.13. The number of halogens is 1. The molecule has 0 unspecified atom stereocenters. The number of hydrogen-bond donors (Lipinski definition) is 0. The van der Waals surface area contributed by atoms with Crippen molar-refractivity contribution in [3.8, 4) is 0 Å². The van der Waals surface area contributed by atoms with E-state index < -0.39 is 0 Å². The van der Waals surface area contributed by atoms with E-state index in [9.17, 15) is 0 Å². The molecule has 8 heavy (non-hydrogen) atoms. The first kappa shape index (κ1) is 8.48. The van der Waals surface area contributed by atoms with Gasteiger partial charge in [0.1, 0.15) is 0 Å². The zero-order valence-electron chi connectivity index (χ0n) is 5.71. The van der Waals surface area contributed by atoms with Crippen LogP contribution in [-0.4, -0.2) is 4.32 Å². The van der Waals surface area contributed by atoms with Gasteiger partial charge in [-0.3, -0.25) is 0 Å². The van der Waals surface area contributed by atoms with Crippen molar-refractivity contribution in [1.82, 2.24) is 0 Å². The smallest absolute Gasteiger partial charge is 0.0201 e. The minimum Gasteiger partial charge on any atom is -0.0859 e. The Morgan fingerprint density at radius 1 is 1.50 bits per heavy atom. The highest BCUT2D eigenvalue weighted by molar-refractivity contribution is 9.10. The minimum absolute atomic E-state index is 0.324. The van der Waals surface area contributed by atoms with Gasteiger partial charge in [-0.25, -0.2) is 0 Å². The van der Waals surface area contributed by atoms with Crippen molar-refractivity contribution in [2.24, 2.45) is 0 Å². The monoisotopic (exact) mass is 177 g/mol. The fourth-order valence-electron chi connectivity index (χ4n) is 0.545. The van der Waals surface area contributed by atoms with Crippen LogP contribution >= 0.6 is 15.9 Å². The lowest BCUT2D eigenvalue weighted by atomic mass is 10.1. The second-order valence-electron chi connectivity index (χ2n) is 2.68. The molecule has 0 fully saturated rings. The molecule has 0 aliphatic rings. The first-order valence-corrected chi connectivity index (χ1v) is 3.84. The molecule has 1 radical (unpaired) electrons. The number of unbranched alkanes of at least 4 members (excludes halogenated alkanes) is 1. The molecular weight excluding hydrogens is 164 g/mol. The molecule has 0 heterocycles. The van der Waals surface area contributed by atoms with Gasteiger partial charge < -0.3 is 0 Å². The predicted molar refractivity (Wildman–Crippen MR) is 42.2 cm³/mol. The normalized spacial score (nSPS) is 12.0. The van der Waals surface area contributed by atoms with Gasteiger partial charge >= 0.3 is 0 Å². The number of rotatable bonds is 3. The molecular formula is C7H14Br. The molecule has 0 nitrogen and oxygen atoms in total. The van der Waals surface area contributed by atoms with Crippen molar-refractivity contribution in [3.05, 3.63) is 6.92 Å². The molecule has 0 amide bonds. The summed E-state index contributed by atoms with van der Waals surface area (Å²) in [5, 5.41) is 0.